The highest BCUT2D eigenvalue weighted by Crippen LogP contribution is 2.39. The SMILES string of the molecule is COCc1ccc(Cn2cnc(C(F)(F)C(F)F)c(Oc3cc(C(F)F)cc(C#N)c3C)c2=O)c(=O)[nH]1. The van der Waals surface area contributed by atoms with Crippen LogP contribution in [0, 0.1) is 18.3 Å². The first kappa shape index (κ1) is 27.5. The van der Waals surface area contributed by atoms with Gasteiger partial charge in [-0.2, -0.15) is 14.0 Å². The fraction of sp³-hybridized carbons (Fsp3) is 0.304. The molecule has 0 aliphatic rings. The first-order chi connectivity index (χ1) is 17.4. The summed E-state index contributed by atoms with van der Waals surface area (Å²) in [7, 11) is 1.40. The van der Waals surface area contributed by atoms with E-state index in [9.17, 15) is 41.2 Å². The number of H-pyrrole nitrogens is 1. The first-order valence-corrected chi connectivity index (χ1v) is 10.4. The van der Waals surface area contributed by atoms with Crippen LogP contribution < -0.4 is 15.9 Å². The molecule has 0 amide bonds. The van der Waals surface area contributed by atoms with Gasteiger partial charge in [-0.25, -0.2) is 22.5 Å². The van der Waals surface area contributed by atoms with Crippen molar-refractivity contribution in [1.82, 2.24) is 14.5 Å². The van der Waals surface area contributed by atoms with E-state index in [4.69, 9.17) is 9.47 Å². The predicted octanol–water partition coefficient (Wildman–Crippen LogP) is 4.39. The average molecular weight is 528 g/mol. The normalized spacial score (nSPS) is 11.7. The molecule has 0 fully saturated rings. The predicted molar refractivity (Wildman–Crippen MR) is 116 cm³/mol. The molecule has 1 N–H and O–H groups in total. The van der Waals surface area contributed by atoms with Crippen molar-refractivity contribution < 1.29 is 35.8 Å². The lowest BCUT2D eigenvalue weighted by molar-refractivity contribution is -0.139. The van der Waals surface area contributed by atoms with E-state index in [-0.39, 0.29) is 23.3 Å². The molecule has 14 heteroatoms. The van der Waals surface area contributed by atoms with Gasteiger partial charge in [-0.05, 0) is 31.2 Å². The summed E-state index contributed by atoms with van der Waals surface area (Å²) in [6, 6.07) is 5.96. The van der Waals surface area contributed by atoms with Crippen LogP contribution in [0.4, 0.5) is 26.3 Å². The fourth-order valence-electron chi connectivity index (χ4n) is 3.28. The molecule has 0 bridgehead atoms. The van der Waals surface area contributed by atoms with Crippen LogP contribution >= 0.6 is 0 Å². The Morgan fingerprint density at radius 3 is 2.46 bits per heavy atom. The van der Waals surface area contributed by atoms with Gasteiger partial charge in [0.05, 0.1) is 31.1 Å². The molecule has 0 aliphatic heterocycles. The van der Waals surface area contributed by atoms with E-state index in [2.05, 4.69) is 9.97 Å². The summed E-state index contributed by atoms with van der Waals surface area (Å²) in [6.45, 7) is 0.781. The second kappa shape index (κ2) is 10.9. The molecule has 0 unspecified atom stereocenters. The van der Waals surface area contributed by atoms with E-state index in [1.165, 1.54) is 26.2 Å². The van der Waals surface area contributed by atoms with Crippen molar-refractivity contribution in [2.24, 2.45) is 0 Å². The Kier molecular flexibility index (Phi) is 8.07. The average Bonchev–Trinajstić information content (AvgIpc) is 2.84. The van der Waals surface area contributed by atoms with Crippen LogP contribution in [0.25, 0.3) is 0 Å². The monoisotopic (exact) mass is 528 g/mol. The lowest BCUT2D eigenvalue weighted by atomic mass is 10.0. The molecular weight excluding hydrogens is 510 g/mol. The molecule has 3 rings (SSSR count). The third-order valence-corrected chi connectivity index (χ3v) is 5.24. The number of aromatic amines is 1. The summed E-state index contributed by atoms with van der Waals surface area (Å²) in [6.07, 6.45) is -6.86. The van der Waals surface area contributed by atoms with Gasteiger partial charge in [0.1, 0.15) is 5.75 Å². The molecule has 0 atom stereocenters. The zero-order chi connectivity index (χ0) is 27.5. The zero-order valence-electron chi connectivity index (χ0n) is 19.2. The molecule has 0 saturated carbocycles. The Labute approximate surface area is 204 Å². The Morgan fingerprint density at radius 2 is 1.89 bits per heavy atom. The summed E-state index contributed by atoms with van der Waals surface area (Å²) in [5, 5.41) is 9.23. The van der Waals surface area contributed by atoms with Crippen LogP contribution in [0.3, 0.4) is 0 Å². The summed E-state index contributed by atoms with van der Waals surface area (Å²) >= 11 is 0. The van der Waals surface area contributed by atoms with Gasteiger partial charge in [-0.3, -0.25) is 14.2 Å². The lowest BCUT2D eigenvalue weighted by Gasteiger charge is -2.20. The van der Waals surface area contributed by atoms with E-state index >= 15 is 0 Å². The highest BCUT2D eigenvalue weighted by molar-refractivity contribution is 5.51. The summed E-state index contributed by atoms with van der Waals surface area (Å²) in [5.41, 5.74) is -4.57. The van der Waals surface area contributed by atoms with Gasteiger partial charge in [0.2, 0.25) is 5.75 Å². The number of ether oxygens (including phenoxy) is 2. The van der Waals surface area contributed by atoms with Crippen LogP contribution in [0.2, 0.25) is 0 Å². The highest BCUT2D eigenvalue weighted by atomic mass is 19.3. The van der Waals surface area contributed by atoms with E-state index in [0.29, 0.717) is 22.7 Å². The molecule has 3 aromatic rings. The largest absolute Gasteiger partial charge is 0.449 e. The number of nitrogens with zero attached hydrogens (tertiary/aromatic N) is 3. The molecule has 8 nitrogen and oxygen atoms in total. The molecule has 196 valence electrons. The van der Waals surface area contributed by atoms with Crippen LogP contribution in [-0.2, 0) is 23.8 Å². The van der Waals surface area contributed by atoms with Crippen molar-refractivity contribution in [3.8, 4) is 17.6 Å². The number of aromatic nitrogens is 3. The number of methoxy groups -OCH3 is 1. The smallest absolute Gasteiger partial charge is 0.352 e. The molecule has 37 heavy (non-hydrogen) atoms. The van der Waals surface area contributed by atoms with E-state index in [1.807, 2.05) is 0 Å². The number of halogens is 6. The number of alkyl halides is 6. The van der Waals surface area contributed by atoms with Crippen molar-refractivity contribution in [3.63, 3.8) is 0 Å². The minimum absolute atomic E-state index is 0.0225. The molecule has 1 aromatic carbocycles. The Balaban J connectivity index is 2.18. The van der Waals surface area contributed by atoms with Crippen LogP contribution in [-0.4, -0.2) is 28.1 Å². The number of benzene rings is 1. The number of pyridine rings is 1. The van der Waals surface area contributed by atoms with Crippen LogP contribution in [0.15, 0.2) is 40.2 Å². The van der Waals surface area contributed by atoms with E-state index in [1.54, 1.807) is 6.07 Å². The third-order valence-electron chi connectivity index (χ3n) is 5.24. The number of hydrogen-bond acceptors (Lipinski definition) is 6. The van der Waals surface area contributed by atoms with Gasteiger partial charge in [-0.15, -0.1) is 0 Å². The second-order valence-corrected chi connectivity index (χ2v) is 7.76. The van der Waals surface area contributed by atoms with Gasteiger partial charge >= 0.3 is 12.3 Å². The van der Waals surface area contributed by atoms with Crippen LogP contribution in [0.5, 0.6) is 11.5 Å². The van der Waals surface area contributed by atoms with Crippen molar-refractivity contribution in [3.05, 3.63) is 84.9 Å². The van der Waals surface area contributed by atoms with Crippen molar-refractivity contribution in [2.75, 3.05) is 7.11 Å². The maximum absolute atomic E-state index is 14.3. The zero-order valence-corrected chi connectivity index (χ0v) is 19.2. The van der Waals surface area contributed by atoms with Gasteiger partial charge in [-0.1, -0.05) is 0 Å². The molecule has 2 heterocycles. The molecule has 0 radical (unpaired) electrons. The summed E-state index contributed by atoms with van der Waals surface area (Å²) in [5.74, 6) is -6.95. The lowest BCUT2D eigenvalue weighted by Crippen LogP contribution is -2.32. The van der Waals surface area contributed by atoms with E-state index in [0.717, 1.165) is 6.07 Å². The van der Waals surface area contributed by atoms with Gasteiger partial charge in [0.25, 0.3) is 17.5 Å². The van der Waals surface area contributed by atoms with Crippen molar-refractivity contribution in [2.45, 2.75) is 38.8 Å². The maximum atomic E-state index is 14.3. The summed E-state index contributed by atoms with van der Waals surface area (Å²) < 4.78 is 92.4. The van der Waals surface area contributed by atoms with Crippen molar-refractivity contribution >= 4 is 0 Å². The summed E-state index contributed by atoms with van der Waals surface area (Å²) in [4.78, 5) is 31.2. The molecule has 0 aliphatic carbocycles. The topological polar surface area (TPSA) is 110 Å². The highest BCUT2D eigenvalue weighted by Gasteiger charge is 2.48. The number of hydrogen-bond donors (Lipinski definition) is 1. The maximum Gasteiger partial charge on any atom is 0.352 e. The quantitative estimate of drug-likeness (QED) is 0.413. The minimum atomic E-state index is -4.96. The number of nitrogens with one attached hydrogen (secondary N) is 1. The number of rotatable bonds is 9. The first-order valence-electron chi connectivity index (χ1n) is 10.4. The van der Waals surface area contributed by atoms with E-state index < -0.39 is 59.2 Å². The third kappa shape index (κ3) is 5.67. The molecule has 0 saturated heterocycles. The Hall–Kier alpha value is -4.12. The van der Waals surface area contributed by atoms with Crippen molar-refractivity contribution in [1.29, 1.82) is 5.26 Å². The Bertz CT molecular complexity index is 1460. The Morgan fingerprint density at radius 1 is 1.19 bits per heavy atom. The fourth-order valence-corrected chi connectivity index (χ4v) is 3.28. The molecular formula is C23H18F6N4O4. The molecule has 2 aromatic heterocycles. The molecule has 0 spiro atoms. The van der Waals surface area contributed by atoms with Gasteiger partial charge < -0.3 is 14.5 Å². The van der Waals surface area contributed by atoms with Gasteiger partial charge in [0, 0.05) is 29.5 Å². The minimum Gasteiger partial charge on any atom is -0.449 e. The standard InChI is InChI=1S/C23H18F6N4O4/c1-11-14(7-30)5-13(19(24)25)6-16(11)37-17-18(23(28,29)22(26)27)31-10-33(21(17)35)8-12-3-4-15(9-36-2)32-20(12)34/h3-6,10,19,22H,8-9H2,1-2H3,(H,32,34). The second-order valence-electron chi connectivity index (χ2n) is 7.76. The number of nitriles is 1. The van der Waals surface area contributed by atoms with Crippen LogP contribution in [0.1, 0.15) is 40.1 Å². The van der Waals surface area contributed by atoms with Gasteiger partial charge in [0.15, 0.2) is 5.69 Å².